The van der Waals surface area contributed by atoms with Gasteiger partial charge in [0.25, 0.3) is 0 Å². The van der Waals surface area contributed by atoms with E-state index >= 15 is 0 Å². The van der Waals surface area contributed by atoms with Crippen LogP contribution in [0, 0.1) is 0 Å². The van der Waals surface area contributed by atoms with E-state index in [1.54, 1.807) is 13.1 Å². The number of carbonyl (C=O) groups excluding carboxylic acids is 1. The lowest BCUT2D eigenvalue weighted by Crippen LogP contribution is -2.40. The Morgan fingerprint density at radius 1 is 1.38 bits per heavy atom. The van der Waals surface area contributed by atoms with Crippen molar-refractivity contribution < 1.29 is 19.4 Å². The van der Waals surface area contributed by atoms with Crippen molar-refractivity contribution in [1.29, 1.82) is 0 Å². The molecular formula is C17H19N3O4. The molecule has 0 aliphatic heterocycles. The number of carbonyl (C=O) groups is 2. The Balaban J connectivity index is 2.38. The van der Waals surface area contributed by atoms with Crippen molar-refractivity contribution in [2.45, 2.75) is 12.6 Å². The van der Waals surface area contributed by atoms with Crippen LogP contribution < -0.4 is 0 Å². The lowest BCUT2D eigenvalue weighted by molar-refractivity contribution is -0.143. The molecule has 1 atom stereocenters. The number of aliphatic carboxylic acids is 1. The van der Waals surface area contributed by atoms with Gasteiger partial charge in [0.1, 0.15) is 6.61 Å². The van der Waals surface area contributed by atoms with Crippen molar-refractivity contribution in [3.63, 3.8) is 0 Å². The van der Waals surface area contributed by atoms with E-state index in [1.807, 2.05) is 30.3 Å². The maximum atomic E-state index is 12.4. The molecule has 1 aromatic carbocycles. The number of amides is 1. The number of carboxylic acid groups (broad SMARTS) is 1. The monoisotopic (exact) mass is 329 g/mol. The van der Waals surface area contributed by atoms with Crippen LogP contribution >= 0.6 is 0 Å². The van der Waals surface area contributed by atoms with E-state index in [-0.39, 0.29) is 13.2 Å². The van der Waals surface area contributed by atoms with Crippen LogP contribution in [0.1, 0.15) is 17.3 Å². The number of carboxylic acids is 1. The van der Waals surface area contributed by atoms with Gasteiger partial charge in [-0.1, -0.05) is 43.0 Å². The molecule has 0 saturated carbocycles. The number of aryl methyl sites for hydroxylation is 1. The van der Waals surface area contributed by atoms with Gasteiger partial charge < -0.3 is 9.84 Å². The summed E-state index contributed by atoms with van der Waals surface area (Å²) < 4.78 is 6.50. The largest absolute Gasteiger partial charge is 0.479 e. The molecule has 0 fully saturated rings. The summed E-state index contributed by atoms with van der Waals surface area (Å²) in [5.41, 5.74) is 1.18. The third kappa shape index (κ3) is 4.01. The van der Waals surface area contributed by atoms with E-state index < -0.39 is 18.1 Å². The van der Waals surface area contributed by atoms with Crippen LogP contribution in [0.2, 0.25) is 0 Å². The number of rotatable bonds is 7. The molecule has 1 N–H and O–H groups in total. The molecule has 126 valence electrons. The molecule has 2 rings (SSSR count). The van der Waals surface area contributed by atoms with Gasteiger partial charge in [0, 0.05) is 13.2 Å². The number of benzene rings is 1. The summed E-state index contributed by atoms with van der Waals surface area (Å²) in [7, 11) is 1.63. The summed E-state index contributed by atoms with van der Waals surface area (Å²) >= 11 is 0. The molecule has 0 bridgehead atoms. The summed E-state index contributed by atoms with van der Waals surface area (Å²) in [6, 6.07) is 9.48. The van der Waals surface area contributed by atoms with Crippen LogP contribution in [-0.4, -0.2) is 38.5 Å². The molecule has 0 aliphatic rings. The maximum Gasteiger partial charge on any atom is 0.411 e. The van der Waals surface area contributed by atoms with E-state index in [1.165, 1.54) is 17.0 Å². The molecule has 7 nitrogen and oxygen atoms in total. The molecule has 24 heavy (non-hydrogen) atoms. The van der Waals surface area contributed by atoms with Gasteiger partial charge in [-0.3, -0.25) is 9.58 Å². The molecule has 1 amide bonds. The Labute approximate surface area is 139 Å². The minimum atomic E-state index is -1.21. The second kappa shape index (κ2) is 7.96. The van der Waals surface area contributed by atoms with Crippen LogP contribution in [0.25, 0.3) is 0 Å². The van der Waals surface area contributed by atoms with E-state index in [4.69, 9.17) is 4.74 Å². The Morgan fingerprint density at radius 2 is 2.08 bits per heavy atom. The first kappa shape index (κ1) is 17.3. The smallest absolute Gasteiger partial charge is 0.411 e. The van der Waals surface area contributed by atoms with E-state index in [9.17, 15) is 14.7 Å². The highest BCUT2D eigenvalue weighted by molar-refractivity contribution is 5.81. The summed E-state index contributed by atoms with van der Waals surface area (Å²) in [6.07, 6.45) is 2.19. The first-order valence-corrected chi connectivity index (χ1v) is 7.33. The fourth-order valence-electron chi connectivity index (χ4n) is 2.33. The van der Waals surface area contributed by atoms with Gasteiger partial charge in [-0.15, -0.1) is 0 Å². The lowest BCUT2D eigenvalue weighted by Gasteiger charge is -2.28. The van der Waals surface area contributed by atoms with Crippen molar-refractivity contribution in [2.75, 3.05) is 6.61 Å². The zero-order valence-corrected chi connectivity index (χ0v) is 13.3. The lowest BCUT2D eigenvalue weighted by atomic mass is 10.1. The molecule has 1 heterocycles. The molecule has 1 aromatic heterocycles. The zero-order chi connectivity index (χ0) is 17.5. The van der Waals surface area contributed by atoms with Gasteiger partial charge in [-0.2, -0.15) is 5.10 Å². The first-order valence-electron chi connectivity index (χ1n) is 7.33. The van der Waals surface area contributed by atoms with Gasteiger partial charge in [0.15, 0.2) is 6.04 Å². The van der Waals surface area contributed by atoms with Crippen LogP contribution in [-0.2, 0) is 23.1 Å². The second-order valence-corrected chi connectivity index (χ2v) is 5.10. The summed E-state index contributed by atoms with van der Waals surface area (Å²) in [5, 5.41) is 13.7. The van der Waals surface area contributed by atoms with Crippen molar-refractivity contribution >= 4 is 12.1 Å². The summed E-state index contributed by atoms with van der Waals surface area (Å²) in [5.74, 6) is -1.16. The number of aromatic nitrogens is 2. The average molecular weight is 329 g/mol. The van der Waals surface area contributed by atoms with Gasteiger partial charge >= 0.3 is 12.1 Å². The predicted octanol–water partition coefficient (Wildman–Crippen LogP) is 2.37. The Morgan fingerprint density at radius 3 is 2.62 bits per heavy atom. The van der Waals surface area contributed by atoms with Gasteiger partial charge in [-0.25, -0.2) is 9.59 Å². The Bertz CT molecular complexity index is 712. The van der Waals surface area contributed by atoms with Crippen LogP contribution in [0.3, 0.4) is 0 Å². The molecular weight excluding hydrogens is 310 g/mol. The third-order valence-electron chi connectivity index (χ3n) is 3.44. The van der Waals surface area contributed by atoms with Crippen molar-refractivity contribution in [3.8, 4) is 0 Å². The number of nitrogens with zero attached hydrogens (tertiary/aromatic N) is 3. The SMILES string of the molecule is C=CCOC(=O)N(Cc1ccccc1)C(C(=O)O)c1ccnn1C. The quantitative estimate of drug-likeness (QED) is 0.788. The Kier molecular flexibility index (Phi) is 5.73. The van der Waals surface area contributed by atoms with Crippen molar-refractivity contribution in [2.24, 2.45) is 7.05 Å². The van der Waals surface area contributed by atoms with Crippen molar-refractivity contribution in [3.05, 3.63) is 66.5 Å². The van der Waals surface area contributed by atoms with E-state index in [0.717, 1.165) is 10.5 Å². The van der Waals surface area contributed by atoms with Crippen LogP contribution in [0.5, 0.6) is 0 Å². The normalized spacial score (nSPS) is 11.5. The molecule has 1 unspecified atom stereocenters. The van der Waals surface area contributed by atoms with Crippen LogP contribution in [0.15, 0.2) is 55.3 Å². The topological polar surface area (TPSA) is 84.7 Å². The minimum Gasteiger partial charge on any atom is -0.479 e. The molecule has 2 aromatic rings. The number of ether oxygens (including phenoxy) is 1. The molecule has 0 saturated heterocycles. The molecule has 0 radical (unpaired) electrons. The van der Waals surface area contributed by atoms with Gasteiger partial charge in [-0.05, 0) is 11.6 Å². The summed E-state index contributed by atoms with van der Waals surface area (Å²) in [4.78, 5) is 25.4. The highest BCUT2D eigenvalue weighted by atomic mass is 16.6. The molecule has 0 aliphatic carbocycles. The van der Waals surface area contributed by atoms with E-state index in [0.29, 0.717) is 5.69 Å². The molecule has 0 spiro atoms. The summed E-state index contributed by atoms with van der Waals surface area (Å²) in [6.45, 7) is 3.59. The fraction of sp³-hybridized carbons (Fsp3) is 0.235. The fourth-order valence-corrected chi connectivity index (χ4v) is 2.33. The molecule has 7 heteroatoms. The van der Waals surface area contributed by atoms with Gasteiger partial charge in [0.05, 0.1) is 12.2 Å². The van der Waals surface area contributed by atoms with Gasteiger partial charge in [0.2, 0.25) is 0 Å². The van der Waals surface area contributed by atoms with Crippen molar-refractivity contribution in [1.82, 2.24) is 14.7 Å². The average Bonchev–Trinajstić information content (AvgIpc) is 2.98. The predicted molar refractivity (Wildman–Crippen MR) is 87.1 cm³/mol. The maximum absolute atomic E-state index is 12.4. The number of hydrogen-bond donors (Lipinski definition) is 1. The highest BCUT2D eigenvalue weighted by Crippen LogP contribution is 2.24. The Hall–Kier alpha value is -3.09. The standard InChI is InChI=1S/C17H19N3O4/c1-3-11-24-17(23)20(12-13-7-5-4-6-8-13)15(16(21)22)14-9-10-18-19(14)2/h3-10,15H,1,11-12H2,2H3,(H,21,22). The zero-order valence-electron chi connectivity index (χ0n) is 13.3. The third-order valence-corrected chi connectivity index (χ3v) is 3.44. The second-order valence-electron chi connectivity index (χ2n) is 5.10. The number of hydrogen-bond acceptors (Lipinski definition) is 4. The van der Waals surface area contributed by atoms with E-state index in [2.05, 4.69) is 11.7 Å². The first-order chi connectivity index (χ1) is 11.5. The highest BCUT2D eigenvalue weighted by Gasteiger charge is 2.34. The van der Waals surface area contributed by atoms with Crippen LogP contribution in [0.4, 0.5) is 4.79 Å². The minimum absolute atomic E-state index is 0.00183.